The summed E-state index contributed by atoms with van der Waals surface area (Å²) < 4.78 is 6.66. The number of benzene rings is 3. The van der Waals surface area contributed by atoms with Crippen LogP contribution in [0.1, 0.15) is 31.4 Å². The highest BCUT2D eigenvalue weighted by atomic mass is 79.9. The molecular weight excluding hydrogens is 528 g/mol. The molecule has 0 bridgehead atoms. The summed E-state index contributed by atoms with van der Waals surface area (Å²) in [6.45, 7) is 4.05. The van der Waals surface area contributed by atoms with E-state index in [0.717, 1.165) is 22.0 Å². The van der Waals surface area contributed by atoms with Crippen LogP contribution in [0.4, 0.5) is 0 Å². The second-order valence-electron chi connectivity index (χ2n) is 8.42. The molecule has 0 aliphatic carbocycles. The maximum atomic E-state index is 13.5. The highest BCUT2D eigenvalue weighted by Gasteiger charge is 2.31. The zero-order valence-electron chi connectivity index (χ0n) is 19.9. The molecule has 3 aromatic rings. The minimum atomic E-state index is -0.702. The van der Waals surface area contributed by atoms with Crippen molar-refractivity contribution in [2.75, 3.05) is 6.61 Å². The van der Waals surface area contributed by atoms with Gasteiger partial charge in [-0.3, -0.25) is 9.59 Å². The van der Waals surface area contributed by atoms with Crippen LogP contribution in [0.5, 0.6) is 5.75 Å². The lowest BCUT2D eigenvalue weighted by Crippen LogP contribution is -2.53. The summed E-state index contributed by atoms with van der Waals surface area (Å²) >= 11 is 9.46. The summed E-state index contributed by atoms with van der Waals surface area (Å²) in [6.07, 6.45) is 1.19. The van der Waals surface area contributed by atoms with Gasteiger partial charge < -0.3 is 15.0 Å². The van der Waals surface area contributed by atoms with E-state index in [1.54, 1.807) is 29.2 Å². The minimum Gasteiger partial charge on any atom is -0.484 e. The van der Waals surface area contributed by atoms with Crippen molar-refractivity contribution < 1.29 is 14.3 Å². The third-order valence-corrected chi connectivity index (χ3v) is 6.44. The van der Waals surface area contributed by atoms with Crippen LogP contribution in [0, 0.1) is 0 Å². The Balaban J connectivity index is 1.90. The fourth-order valence-corrected chi connectivity index (χ4v) is 4.16. The lowest BCUT2D eigenvalue weighted by atomic mass is 10.0. The van der Waals surface area contributed by atoms with Gasteiger partial charge in [0.2, 0.25) is 5.91 Å². The van der Waals surface area contributed by atoms with Crippen LogP contribution in [0.25, 0.3) is 0 Å². The van der Waals surface area contributed by atoms with Gasteiger partial charge in [0.1, 0.15) is 11.8 Å². The van der Waals surface area contributed by atoms with Gasteiger partial charge in [0.15, 0.2) is 6.61 Å². The molecule has 3 rings (SSSR count). The maximum absolute atomic E-state index is 13.5. The fourth-order valence-electron chi connectivity index (χ4n) is 3.59. The lowest BCUT2D eigenvalue weighted by Gasteiger charge is -2.32. The molecule has 0 fully saturated rings. The van der Waals surface area contributed by atoms with Gasteiger partial charge in [0.25, 0.3) is 5.91 Å². The van der Waals surface area contributed by atoms with E-state index in [-0.39, 0.29) is 31.0 Å². The number of rotatable bonds is 11. The summed E-state index contributed by atoms with van der Waals surface area (Å²) in [7, 11) is 0. The van der Waals surface area contributed by atoms with E-state index in [2.05, 4.69) is 21.2 Å². The molecule has 0 spiro atoms. The van der Waals surface area contributed by atoms with Crippen molar-refractivity contribution in [2.45, 2.75) is 45.3 Å². The first kappa shape index (κ1) is 26.8. The Labute approximate surface area is 220 Å². The molecule has 7 heteroatoms. The Kier molecular flexibility index (Phi) is 10.2. The molecule has 35 heavy (non-hydrogen) atoms. The van der Waals surface area contributed by atoms with E-state index in [9.17, 15) is 9.59 Å². The monoisotopic (exact) mass is 556 g/mol. The predicted molar refractivity (Wildman–Crippen MR) is 143 cm³/mol. The first-order valence-electron chi connectivity index (χ1n) is 11.6. The molecule has 3 aromatic carbocycles. The van der Waals surface area contributed by atoms with Crippen molar-refractivity contribution in [3.05, 3.63) is 99.5 Å². The predicted octanol–water partition coefficient (Wildman–Crippen LogP) is 6.04. The molecule has 0 heterocycles. The van der Waals surface area contributed by atoms with Gasteiger partial charge in [0.05, 0.1) is 0 Å². The second kappa shape index (κ2) is 13.3. The number of halogens is 2. The van der Waals surface area contributed by atoms with Gasteiger partial charge in [-0.2, -0.15) is 0 Å². The van der Waals surface area contributed by atoms with Crippen molar-refractivity contribution in [1.29, 1.82) is 0 Å². The summed E-state index contributed by atoms with van der Waals surface area (Å²) in [5, 5.41) is 3.65. The number of hydrogen-bond donors (Lipinski definition) is 1. The van der Waals surface area contributed by atoms with Crippen LogP contribution in [-0.4, -0.2) is 35.4 Å². The molecule has 2 atom stereocenters. The first-order chi connectivity index (χ1) is 16.9. The number of carbonyl (C=O) groups is 2. The highest BCUT2D eigenvalue weighted by Crippen LogP contribution is 2.19. The lowest BCUT2D eigenvalue weighted by molar-refractivity contribution is -0.143. The van der Waals surface area contributed by atoms with Gasteiger partial charge in [-0.1, -0.05) is 76.9 Å². The fraction of sp³-hybridized carbons (Fsp3) is 0.286. The molecule has 0 aromatic heterocycles. The molecular formula is C28H30BrClN2O3. The van der Waals surface area contributed by atoms with Crippen LogP contribution in [0.3, 0.4) is 0 Å². The molecule has 184 valence electrons. The standard InChI is InChI=1S/C28H30BrClN2O3/c1-3-20(2)31-28(34)26(17-21-8-5-4-6-9-21)32(18-22-10-7-11-23(29)16-22)27(33)19-35-25-14-12-24(30)13-15-25/h4-16,20,26H,3,17-19H2,1-2H3,(H,31,34)/t20-,26+/m0/s1. The Morgan fingerprint density at radius 1 is 1.00 bits per heavy atom. The number of carbonyl (C=O) groups excluding carboxylic acids is 2. The van der Waals surface area contributed by atoms with Crippen LogP contribution in [0.15, 0.2) is 83.3 Å². The molecule has 2 amide bonds. The number of hydrogen-bond acceptors (Lipinski definition) is 3. The second-order valence-corrected chi connectivity index (χ2v) is 9.77. The van der Waals surface area contributed by atoms with Crippen molar-refractivity contribution in [3.8, 4) is 5.75 Å². The molecule has 1 N–H and O–H groups in total. The number of amides is 2. The topological polar surface area (TPSA) is 58.6 Å². The normalized spacial score (nSPS) is 12.5. The van der Waals surface area contributed by atoms with Crippen molar-refractivity contribution in [1.82, 2.24) is 10.2 Å². The number of nitrogens with one attached hydrogen (secondary N) is 1. The SMILES string of the molecule is CC[C@H](C)NC(=O)[C@@H](Cc1ccccc1)N(Cc1cccc(Br)c1)C(=O)COc1ccc(Cl)cc1. The van der Waals surface area contributed by atoms with Crippen LogP contribution in [-0.2, 0) is 22.6 Å². The van der Waals surface area contributed by atoms with Gasteiger partial charge in [-0.25, -0.2) is 0 Å². The van der Waals surface area contributed by atoms with Gasteiger partial charge >= 0.3 is 0 Å². The van der Waals surface area contributed by atoms with Gasteiger partial charge in [-0.05, 0) is 60.9 Å². The number of ether oxygens (including phenoxy) is 1. The van der Waals surface area contributed by atoms with E-state index in [0.29, 0.717) is 17.2 Å². The molecule has 0 saturated heterocycles. The largest absolute Gasteiger partial charge is 0.484 e. The van der Waals surface area contributed by atoms with Crippen molar-refractivity contribution >= 4 is 39.3 Å². The van der Waals surface area contributed by atoms with Gasteiger partial charge in [-0.15, -0.1) is 0 Å². The van der Waals surface area contributed by atoms with E-state index in [1.807, 2.05) is 68.4 Å². The average Bonchev–Trinajstić information content (AvgIpc) is 2.86. The van der Waals surface area contributed by atoms with Crippen molar-refractivity contribution in [2.24, 2.45) is 0 Å². The van der Waals surface area contributed by atoms with Gasteiger partial charge in [0, 0.05) is 28.5 Å². The van der Waals surface area contributed by atoms with E-state index in [4.69, 9.17) is 16.3 Å². The summed E-state index contributed by atoms with van der Waals surface area (Å²) in [6, 6.07) is 23.6. The first-order valence-corrected chi connectivity index (χ1v) is 12.8. The zero-order chi connectivity index (χ0) is 25.2. The minimum absolute atomic E-state index is 0.00564. The molecule has 0 aliphatic heterocycles. The Bertz CT molecular complexity index is 1110. The molecule has 0 saturated carbocycles. The van der Waals surface area contributed by atoms with Crippen LogP contribution >= 0.6 is 27.5 Å². The van der Waals surface area contributed by atoms with E-state index < -0.39 is 6.04 Å². The summed E-state index contributed by atoms with van der Waals surface area (Å²) in [5.74, 6) is 0.0759. The maximum Gasteiger partial charge on any atom is 0.261 e. The van der Waals surface area contributed by atoms with Crippen molar-refractivity contribution in [3.63, 3.8) is 0 Å². The van der Waals surface area contributed by atoms with E-state index >= 15 is 0 Å². The van der Waals surface area contributed by atoms with Crippen LogP contribution in [0.2, 0.25) is 5.02 Å². The Hall–Kier alpha value is -2.83. The molecule has 5 nitrogen and oxygen atoms in total. The Morgan fingerprint density at radius 2 is 1.69 bits per heavy atom. The average molecular weight is 558 g/mol. The summed E-state index contributed by atoms with van der Waals surface area (Å²) in [4.78, 5) is 28.6. The van der Waals surface area contributed by atoms with Crippen LogP contribution < -0.4 is 10.1 Å². The zero-order valence-corrected chi connectivity index (χ0v) is 22.3. The third-order valence-electron chi connectivity index (χ3n) is 5.69. The molecule has 0 aliphatic rings. The number of nitrogens with zero attached hydrogens (tertiary/aromatic N) is 1. The highest BCUT2D eigenvalue weighted by molar-refractivity contribution is 9.10. The Morgan fingerprint density at radius 3 is 2.34 bits per heavy atom. The summed E-state index contributed by atoms with van der Waals surface area (Å²) in [5.41, 5.74) is 1.89. The van der Waals surface area contributed by atoms with E-state index in [1.165, 1.54) is 0 Å². The smallest absolute Gasteiger partial charge is 0.261 e. The quantitative estimate of drug-likeness (QED) is 0.313. The molecule has 0 unspecified atom stereocenters. The molecule has 0 radical (unpaired) electrons. The third kappa shape index (κ3) is 8.41.